The zero-order valence-electron chi connectivity index (χ0n) is 6.37. The van der Waals surface area contributed by atoms with E-state index in [1.807, 2.05) is 0 Å². The summed E-state index contributed by atoms with van der Waals surface area (Å²) in [4.78, 5) is 14.4. The molecule has 0 fully saturated rings. The number of aldehydes is 1. The van der Waals surface area contributed by atoms with Crippen LogP contribution in [0.5, 0.6) is 0 Å². The molecule has 13 heavy (non-hydrogen) atoms. The third-order valence-corrected chi connectivity index (χ3v) is 2.10. The topological polar surface area (TPSA) is 34.4 Å². The average molecular weight is 215 g/mol. The summed E-state index contributed by atoms with van der Waals surface area (Å²) in [5.74, 6) is 0. The maximum atomic E-state index is 10.4. The number of aromatic nitrogens is 2. The van der Waals surface area contributed by atoms with Crippen molar-refractivity contribution in [1.82, 2.24) is 9.38 Å². The summed E-state index contributed by atoms with van der Waals surface area (Å²) in [5, 5.41) is 0.938. The molecule has 2 aromatic heterocycles. The Labute approximate surface area is 83.9 Å². The fraction of sp³-hybridized carbons (Fsp3) is 0. The molecule has 0 atom stereocenters. The molecule has 5 heteroatoms. The molecule has 0 aromatic carbocycles. The molecule has 0 saturated heterocycles. The number of halogens is 2. The van der Waals surface area contributed by atoms with Gasteiger partial charge in [0.15, 0.2) is 11.9 Å². The molecular formula is C8H4Cl2N2O. The van der Waals surface area contributed by atoms with E-state index in [-0.39, 0.29) is 0 Å². The Balaban J connectivity index is 2.82. The maximum absolute atomic E-state index is 10.4. The molecule has 2 aromatic rings. The maximum Gasteiger partial charge on any atom is 0.170 e. The van der Waals surface area contributed by atoms with Crippen LogP contribution in [-0.4, -0.2) is 15.7 Å². The first kappa shape index (κ1) is 8.53. The number of carbonyl (C=O) groups is 1. The van der Waals surface area contributed by atoms with Gasteiger partial charge in [0.25, 0.3) is 0 Å². The van der Waals surface area contributed by atoms with Crippen LogP contribution in [0.25, 0.3) is 5.65 Å². The lowest BCUT2D eigenvalue weighted by Gasteiger charge is -1.95. The molecule has 2 rings (SSSR count). The summed E-state index contributed by atoms with van der Waals surface area (Å²) in [6.45, 7) is 0. The highest BCUT2D eigenvalue weighted by Gasteiger charge is 2.05. The molecule has 66 valence electrons. The smallest absolute Gasteiger partial charge is 0.170 e. The van der Waals surface area contributed by atoms with Crippen LogP contribution in [0.1, 0.15) is 10.5 Å². The fourth-order valence-electron chi connectivity index (χ4n) is 1.10. The molecular weight excluding hydrogens is 211 g/mol. The van der Waals surface area contributed by atoms with Gasteiger partial charge in [-0.25, -0.2) is 4.98 Å². The molecule has 0 amide bonds. The van der Waals surface area contributed by atoms with Crippen molar-refractivity contribution in [3.05, 3.63) is 34.2 Å². The number of pyridine rings is 1. The van der Waals surface area contributed by atoms with Gasteiger partial charge in [-0.15, -0.1) is 0 Å². The van der Waals surface area contributed by atoms with E-state index in [1.54, 1.807) is 22.9 Å². The van der Waals surface area contributed by atoms with Gasteiger partial charge in [-0.05, 0) is 6.07 Å². The van der Waals surface area contributed by atoms with Gasteiger partial charge < -0.3 is 4.40 Å². The highest BCUT2D eigenvalue weighted by Crippen LogP contribution is 2.21. The molecule has 0 bridgehead atoms. The van der Waals surface area contributed by atoms with Crippen LogP contribution in [0, 0.1) is 0 Å². The number of hydrogen-bond acceptors (Lipinski definition) is 2. The SMILES string of the molecule is O=Cc1cn2cc(Cl)cc(Cl)c2n1. The Bertz CT molecular complexity index is 478. The summed E-state index contributed by atoms with van der Waals surface area (Å²) in [6, 6.07) is 1.58. The zero-order valence-corrected chi connectivity index (χ0v) is 7.88. The molecule has 0 N–H and O–H groups in total. The van der Waals surface area contributed by atoms with Crippen LogP contribution in [0.2, 0.25) is 10.0 Å². The minimum atomic E-state index is 0.337. The Kier molecular flexibility index (Phi) is 1.98. The lowest BCUT2D eigenvalue weighted by molar-refractivity contribution is 0.111. The van der Waals surface area contributed by atoms with E-state index >= 15 is 0 Å². The molecule has 2 heterocycles. The van der Waals surface area contributed by atoms with Crippen LogP contribution in [0.3, 0.4) is 0 Å². The monoisotopic (exact) mass is 214 g/mol. The van der Waals surface area contributed by atoms with Gasteiger partial charge in [0.05, 0.1) is 10.0 Å². The fourth-order valence-corrected chi connectivity index (χ4v) is 1.63. The number of fused-ring (bicyclic) bond motifs is 1. The summed E-state index contributed by atoms with van der Waals surface area (Å²) < 4.78 is 1.62. The largest absolute Gasteiger partial charge is 0.304 e. The van der Waals surface area contributed by atoms with Crippen molar-refractivity contribution in [2.24, 2.45) is 0 Å². The number of imidazole rings is 1. The highest BCUT2D eigenvalue weighted by molar-refractivity contribution is 6.36. The predicted molar refractivity (Wildman–Crippen MR) is 50.6 cm³/mol. The van der Waals surface area contributed by atoms with Crippen molar-refractivity contribution in [3.8, 4) is 0 Å². The summed E-state index contributed by atoms with van der Waals surface area (Å²) in [5.41, 5.74) is 0.873. The summed E-state index contributed by atoms with van der Waals surface area (Å²) in [6.07, 6.45) is 3.88. The summed E-state index contributed by atoms with van der Waals surface area (Å²) >= 11 is 11.6. The minimum Gasteiger partial charge on any atom is -0.304 e. The lowest BCUT2D eigenvalue weighted by atomic mass is 10.5. The van der Waals surface area contributed by atoms with Gasteiger partial charge in [-0.3, -0.25) is 4.79 Å². The van der Waals surface area contributed by atoms with E-state index in [0.717, 1.165) is 0 Å². The van der Waals surface area contributed by atoms with Gasteiger partial charge in [-0.1, -0.05) is 23.2 Å². The first-order valence-corrected chi connectivity index (χ1v) is 4.25. The van der Waals surface area contributed by atoms with E-state index < -0.39 is 0 Å². The van der Waals surface area contributed by atoms with E-state index in [4.69, 9.17) is 23.2 Å². The Hall–Kier alpha value is -1.06. The second-order valence-electron chi connectivity index (χ2n) is 2.52. The molecule has 0 radical (unpaired) electrons. The third-order valence-electron chi connectivity index (χ3n) is 1.61. The van der Waals surface area contributed by atoms with Gasteiger partial charge in [-0.2, -0.15) is 0 Å². The van der Waals surface area contributed by atoms with E-state index in [2.05, 4.69) is 4.98 Å². The van der Waals surface area contributed by atoms with Crippen LogP contribution in [0.15, 0.2) is 18.5 Å². The molecule has 0 spiro atoms. The van der Waals surface area contributed by atoms with Crippen LogP contribution in [-0.2, 0) is 0 Å². The minimum absolute atomic E-state index is 0.337. The Morgan fingerprint density at radius 3 is 2.85 bits per heavy atom. The standard InChI is InChI=1S/C8H4Cl2N2O/c9-5-1-7(10)8-11-6(4-13)3-12(8)2-5/h1-4H. The number of rotatable bonds is 1. The molecule has 0 aliphatic heterocycles. The zero-order chi connectivity index (χ0) is 9.42. The third kappa shape index (κ3) is 1.41. The predicted octanol–water partition coefficient (Wildman–Crippen LogP) is 2.45. The second kappa shape index (κ2) is 3.01. The molecule has 0 aliphatic carbocycles. The van der Waals surface area contributed by atoms with E-state index in [0.29, 0.717) is 27.7 Å². The van der Waals surface area contributed by atoms with Crippen LogP contribution in [0.4, 0.5) is 0 Å². The van der Waals surface area contributed by atoms with Crippen molar-refractivity contribution in [2.45, 2.75) is 0 Å². The van der Waals surface area contributed by atoms with E-state index in [9.17, 15) is 4.79 Å². The average Bonchev–Trinajstić information content (AvgIpc) is 2.47. The van der Waals surface area contributed by atoms with Gasteiger partial charge in [0.1, 0.15) is 5.69 Å². The van der Waals surface area contributed by atoms with Gasteiger partial charge in [0.2, 0.25) is 0 Å². The number of hydrogen-bond donors (Lipinski definition) is 0. The first-order valence-electron chi connectivity index (χ1n) is 3.49. The van der Waals surface area contributed by atoms with Crippen molar-refractivity contribution in [1.29, 1.82) is 0 Å². The number of carbonyl (C=O) groups excluding carboxylic acids is 1. The van der Waals surface area contributed by atoms with Crippen LogP contribution < -0.4 is 0 Å². The van der Waals surface area contributed by atoms with Gasteiger partial charge in [0, 0.05) is 12.4 Å². The summed E-state index contributed by atoms with van der Waals surface area (Å²) in [7, 11) is 0. The van der Waals surface area contributed by atoms with E-state index in [1.165, 1.54) is 0 Å². The molecule has 0 aliphatic rings. The van der Waals surface area contributed by atoms with Crippen molar-refractivity contribution in [2.75, 3.05) is 0 Å². The van der Waals surface area contributed by atoms with Crippen LogP contribution >= 0.6 is 23.2 Å². The Morgan fingerprint density at radius 1 is 1.38 bits per heavy atom. The highest BCUT2D eigenvalue weighted by atomic mass is 35.5. The Morgan fingerprint density at radius 2 is 2.15 bits per heavy atom. The molecule has 0 unspecified atom stereocenters. The van der Waals surface area contributed by atoms with Gasteiger partial charge >= 0.3 is 0 Å². The quantitative estimate of drug-likeness (QED) is 0.684. The number of nitrogens with zero attached hydrogens (tertiary/aromatic N) is 2. The van der Waals surface area contributed by atoms with Crippen molar-refractivity contribution in [3.63, 3.8) is 0 Å². The second-order valence-corrected chi connectivity index (χ2v) is 3.36. The normalized spacial score (nSPS) is 10.6. The molecule has 0 saturated carbocycles. The van der Waals surface area contributed by atoms with Crippen molar-refractivity contribution >= 4 is 35.1 Å². The van der Waals surface area contributed by atoms with Crippen molar-refractivity contribution < 1.29 is 4.79 Å². The first-order chi connectivity index (χ1) is 6.20. The molecule has 3 nitrogen and oxygen atoms in total. The lowest BCUT2D eigenvalue weighted by Crippen LogP contribution is -1.82.